The molecule has 0 radical (unpaired) electrons. The van der Waals surface area contributed by atoms with Crippen LogP contribution in [0.4, 0.5) is 0 Å². The largest absolute Gasteiger partial charge is 0.466 e. The summed E-state index contributed by atoms with van der Waals surface area (Å²) in [6.07, 6.45) is 3.80. The fraction of sp³-hybridized carbons (Fsp3) is 0.423. The molecule has 1 heterocycles. The summed E-state index contributed by atoms with van der Waals surface area (Å²) in [6.45, 7) is 5.13. The lowest BCUT2D eigenvalue weighted by Gasteiger charge is -2.30. The van der Waals surface area contributed by atoms with Crippen molar-refractivity contribution < 1.29 is 19.1 Å². The van der Waals surface area contributed by atoms with Crippen LogP contribution in [-0.2, 0) is 20.7 Å². The molecule has 0 spiro atoms. The Morgan fingerprint density at radius 1 is 1.15 bits per heavy atom. The van der Waals surface area contributed by atoms with Gasteiger partial charge < -0.3 is 15.2 Å². The van der Waals surface area contributed by atoms with Gasteiger partial charge >= 0.3 is 5.97 Å². The number of carbonyl (C=O) groups excluding carboxylic acids is 2. The molecule has 4 rings (SSSR count). The number of hydrazone groups is 1. The van der Waals surface area contributed by atoms with Crippen LogP contribution in [0.25, 0.3) is 0 Å². The minimum Gasteiger partial charge on any atom is -0.466 e. The Morgan fingerprint density at radius 3 is 2.56 bits per heavy atom. The van der Waals surface area contributed by atoms with Crippen LogP contribution < -0.4 is 5.73 Å². The fourth-order valence-corrected chi connectivity index (χ4v) is 4.42. The lowest BCUT2D eigenvalue weighted by atomic mass is 9.77. The number of hydrogen-bond acceptors (Lipinski definition) is 7. The molecule has 0 saturated carbocycles. The predicted octanol–water partition coefficient (Wildman–Crippen LogP) is 3.52. The SMILES string of the molecule is CCOC(=O)CC1CCc2ccc(C(=O)c3ccc(C=NN4CCOCC4)cc3)cc2C1N.Cl. The highest BCUT2D eigenvalue weighted by atomic mass is 35.5. The number of ketones is 1. The molecule has 1 aliphatic heterocycles. The second-order valence-electron chi connectivity index (χ2n) is 8.51. The number of nitrogens with two attached hydrogens (primary N) is 1. The van der Waals surface area contributed by atoms with Gasteiger partial charge in [-0.05, 0) is 48.4 Å². The molecule has 0 amide bonds. The molecule has 2 N–H and O–H groups in total. The molecule has 0 bridgehead atoms. The molecular formula is C26H32ClN3O4. The Hall–Kier alpha value is -2.74. The van der Waals surface area contributed by atoms with E-state index in [4.69, 9.17) is 15.2 Å². The van der Waals surface area contributed by atoms with Crippen molar-refractivity contribution in [3.8, 4) is 0 Å². The number of nitrogens with zero attached hydrogens (tertiary/aromatic N) is 2. The summed E-state index contributed by atoms with van der Waals surface area (Å²) in [5, 5.41) is 6.46. The van der Waals surface area contributed by atoms with Crippen molar-refractivity contribution in [3.63, 3.8) is 0 Å². The van der Waals surface area contributed by atoms with Gasteiger partial charge in [-0.15, -0.1) is 12.4 Å². The highest BCUT2D eigenvalue weighted by molar-refractivity contribution is 6.09. The molecule has 0 aromatic heterocycles. The van der Waals surface area contributed by atoms with E-state index in [1.54, 1.807) is 13.1 Å². The van der Waals surface area contributed by atoms with Gasteiger partial charge in [0.05, 0.1) is 45.5 Å². The molecule has 8 heteroatoms. The second-order valence-corrected chi connectivity index (χ2v) is 8.51. The van der Waals surface area contributed by atoms with E-state index in [1.807, 2.05) is 47.5 Å². The van der Waals surface area contributed by atoms with Crippen LogP contribution in [0.3, 0.4) is 0 Å². The van der Waals surface area contributed by atoms with Crippen LogP contribution in [0.15, 0.2) is 47.6 Å². The fourth-order valence-electron chi connectivity index (χ4n) is 4.42. The molecule has 2 aromatic carbocycles. The van der Waals surface area contributed by atoms with Crippen molar-refractivity contribution in [2.45, 2.75) is 32.2 Å². The third-order valence-electron chi connectivity index (χ3n) is 6.32. The van der Waals surface area contributed by atoms with Crippen LogP contribution in [-0.4, -0.2) is 55.9 Å². The van der Waals surface area contributed by atoms with E-state index in [0.29, 0.717) is 37.4 Å². The predicted molar refractivity (Wildman–Crippen MR) is 134 cm³/mol. The number of rotatable bonds is 7. The first-order chi connectivity index (χ1) is 16.0. The number of aryl methyl sites for hydroxylation is 1. The number of halogens is 1. The molecule has 1 fully saturated rings. The van der Waals surface area contributed by atoms with Crippen molar-refractivity contribution in [1.29, 1.82) is 0 Å². The highest BCUT2D eigenvalue weighted by Gasteiger charge is 2.29. The first-order valence-electron chi connectivity index (χ1n) is 11.6. The van der Waals surface area contributed by atoms with Crippen molar-refractivity contribution in [2.24, 2.45) is 16.8 Å². The minimum atomic E-state index is -0.287. The van der Waals surface area contributed by atoms with E-state index in [0.717, 1.165) is 42.6 Å². The van der Waals surface area contributed by atoms with Crippen LogP contribution in [0.2, 0.25) is 0 Å². The van der Waals surface area contributed by atoms with Crippen molar-refractivity contribution in [1.82, 2.24) is 5.01 Å². The number of esters is 1. The lowest BCUT2D eigenvalue weighted by molar-refractivity contribution is -0.144. The number of morpholine rings is 1. The Labute approximate surface area is 206 Å². The molecule has 7 nitrogen and oxygen atoms in total. The maximum Gasteiger partial charge on any atom is 0.306 e. The van der Waals surface area contributed by atoms with E-state index in [9.17, 15) is 9.59 Å². The van der Waals surface area contributed by atoms with E-state index in [2.05, 4.69) is 5.10 Å². The smallest absolute Gasteiger partial charge is 0.306 e. The molecule has 2 unspecified atom stereocenters. The standard InChI is InChI=1S/C26H31N3O4.ClH/c1-2-33-24(30)16-21-9-7-19-8-10-22(15-23(19)25(21)27)26(31)20-5-3-18(4-6-20)17-28-29-11-13-32-14-12-29;/h3-6,8,10,15,17,21,25H,2,7,9,11-14,16,27H2,1H3;1H. The highest BCUT2D eigenvalue weighted by Crippen LogP contribution is 2.35. The molecule has 2 aliphatic rings. The average molecular weight is 486 g/mol. The summed E-state index contributed by atoms with van der Waals surface area (Å²) in [4.78, 5) is 25.1. The third kappa shape index (κ3) is 6.23. The normalized spacial score (nSPS) is 19.9. The number of fused-ring (bicyclic) bond motifs is 1. The lowest BCUT2D eigenvalue weighted by Crippen LogP contribution is -2.32. The molecule has 182 valence electrons. The second kappa shape index (κ2) is 12.1. The topological polar surface area (TPSA) is 94.2 Å². The molecule has 1 saturated heterocycles. The van der Waals surface area contributed by atoms with Gasteiger partial charge in [-0.25, -0.2) is 0 Å². The Kier molecular flexibility index (Phi) is 9.21. The molecule has 2 aromatic rings. The summed E-state index contributed by atoms with van der Waals surface area (Å²) in [6, 6.07) is 12.9. The maximum absolute atomic E-state index is 13.1. The van der Waals surface area contributed by atoms with E-state index >= 15 is 0 Å². The number of carbonyl (C=O) groups is 2. The van der Waals surface area contributed by atoms with Gasteiger partial charge in [0.1, 0.15) is 0 Å². The Bertz CT molecular complexity index is 1020. The molecular weight excluding hydrogens is 454 g/mol. The van der Waals surface area contributed by atoms with Crippen molar-refractivity contribution >= 4 is 30.4 Å². The summed E-state index contributed by atoms with van der Waals surface area (Å²) in [7, 11) is 0. The zero-order valence-corrected chi connectivity index (χ0v) is 20.3. The van der Waals surface area contributed by atoms with Crippen molar-refractivity contribution in [2.75, 3.05) is 32.9 Å². The monoisotopic (exact) mass is 485 g/mol. The first-order valence-corrected chi connectivity index (χ1v) is 11.6. The van der Waals surface area contributed by atoms with Gasteiger partial charge in [0.15, 0.2) is 5.78 Å². The zero-order valence-electron chi connectivity index (χ0n) is 19.4. The van der Waals surface area contributed by atoms with Gasteiger partial charge in [-0.3, -0.25) is 14.6 Å². The summed E-state index contributed by atoms with van der Waals surface area (Å²) in [5.74, 6) is -0.244. The van der Waals surface area contributed by atoms with Gasteiger partial charge in [-0.2, -0.15) is 5.10 Å². The average Bonchev–Trinajstić information content (AvgIpc) is 2.85. The van der Waals surface area contributed by atoms with Gasteiger partial charge in [0.2, 0.25) is 0 Å². The number of ether oxygens (including phenoxy) is 2. The van der Waals surface area contributed by atoms with Crippen LogP contribution in [0.1, 0.15) is 58.4 Å². The van der Waals surface area contributed by atoms with E-state index in [-0.39, 0.29) is 36.1 Å². The number of benzene rings is 2. The summed E-state index contributed by atoms with van der Waals surface area (Å²) in [5.41, 5.74) is 10.8. The summed E-state index contributed by atoms with van der Waals surface area (Å²) >= 11 is 0. The van der Waals surface area contributed by atoms with Crippen LogP contribution >= 0.6 is 12.4 Å². The molecule has 2 atom stereocenters. The van der Waals surface area contributed by atoms with Crippen molar-refractivity contribution in [3.05, 3.63) is 70.3 Å². The molecule has 1 aliphatic carbocycles. The third-order valence-corrected chi connectivity index (χ3v) is 6.32. The van der Waals surface area contributed by atoms with E-state index in [1.165, 1.54) is 0 Å². The summed E-state index contributed by atoms with van der Waals surface area (Å²) < 4.78 is 10.4. The van der Waals surface area contributed by atoms with Gasteiger partial charge in [0, 0.05) is 17.2 Å². The maximum atomic E-state index is 13.1. The van der Waals surface area contributed by atoms with E-state index < -0.39 is 0 Å². The van der Waals surface area contributed by atoms with Crippen LogP contribution in [0.5, 0.6) is 0 Å². The number of hydrogen-bond donors (Lipinski definition) is 1. The Balaban J connectivity index is 0.00000324. The zero-order chi connectivity index (χ0) is 23.2. The minimum absolute atomic E-state index is 0. The quantitative estimate of drug-likeness (QED) is 0.366. The van der Waals surface area contributed by atoms with Gasteiger partial charge in [0.25, 0.3) is 0 Å². The first kappa shape index (κ1) is 25.9. The van der Waals surface area contributed by atoms with Gasteiger partial charge in [-0.1, -0.05) is 36.4 Å². The molecule has 34 heavy (non-hydrogen) atoms. The Morgan fingerprint density at radius 2 is 1.85 bits per heavy atom. The van der Waals surface area contributed by atoms with Crippen LogP contribution in [0, 0.1) is 5.92 Å².